The molecule has 2 amide bonds. The second kappa shape index (κ2) is 13.8. The first-order valence-corrected chi connectivity index (χ1v) is 14.6. The predicted octanol–water partition coefficient (Wildman–Crippen LogP) is 3.45. The number of aromatic nitrogens is 4. The third-order valence-electron chi connectivity index (χ3n) is 5.23. The summed E-state index contributed by atoms with van der Waals surface area (Å²) in [7, 11) is -3.47. The Bertz CT molecular complexity index is 1090. The van der Waals surface area contributed by atoms with Gasteiger partial charge in [0.1, 0.15) is 11.2 Å². The molecule has 1 N–H and O–H groups in total. The molecule has 13 nitrogen and oxygen atoms in total. The lowest BCUT2D eigenvalue weighted by Crippen LogP contribution is -2.36. The highest BCUT2D eigenvalue weighted by molar-refractivity contribution is 7.86. The SMILES string of the molecule is CC(C)(C)OC(=O)N1CCC(n2cccn2)C1.CC(C)(C)OC(=O)N1CC[C@H](OS(C)(=O)=O)C1.c1cn[nH]c1. The smallest absolute Gasteiger partial charge is 0.410 e. The first-order valence-electron chi connectivity index (χ1n) is 12.8. The van der Waals surface area contributed by atoms with Gasteiger partial charge >= 0.3 is 12.2 Å². The van der Waals surface area contributed by atoms with E-state index < -0.39 is 33.5 Å². The number of likely N-dealkylation sites (tertiary alicyclic amines) is 2. The highest BCUT2D eigenvalue weighted by atomic mass is 32.2. The number of hydrogen-bond acceptors (Lipinski definition) is 9. The second-order valence-electron chi connectivity index (χ2n) is 11.3. The van der Waals surface area contributed by atoms with Gasteiger partial charge in [-0.25, -0.2) is 9.59 Å². The Balaban J connectivity index is 0.000000232. The van der Waals surface area contributed by atoms with Crippen LogP contribution in [0.5, 0.6) is 0 Å². The zero-order valence-corrected chi connectivity index (χ0v) is 24.7. The summed E-state index contributed by atoms with van der Waals surface area (Å²) in [5, 5.41) is 10.4. The maximum atomic E-state index is 11.9. The van der Waals surface area contributed by atoms with Crippen LogP contribution in [0.15, 0.2) is 36.9 Å². The number of ether oxygens (including phenoxy) is 2. The number of carbonyl (C=O) groups is 2. The van der Waals surface area contributed by atoms with Crippen LogP contribution in [-0.2, 0) is 23.8 Å². The predicted molar refractivity (Wildman–Crippen MR) is 144 cm³/mol. The highest BCUT2D eigenvalue weighted by Gasteiger charge is 2.32. The van der Waals surface area contributed by atoms with Gasteiger partial charge in [-0.05, 0) is 66.5 Å². The average Bonchev–Trinajstić information content (AvgIpc) is 3.60. The van der Waals surface area contributed by atoms with Crippen molar-refractivity contribution >= 4 is 22.3 Å². The summed E-state index contributed by atoms with van der Waals surface area (Å²) in [4.78, 5) is 26.7. The van der Waals surface area contributed by atoms with Crippen molar-refractivity contribution in [3.63, 3.8) is 0 Å². The largest absolute Gasteiger partial charge is 0.444 e. The molecular weight excluding hydrogens is 528 g/mol. The van der Waals surface area contributed by atoms with Crippen molar-refractivity contribution in [2.24, 2.45) is 0 Å². The summed E-state index contributed by atoms with van der Waals surface area (Å²) in [5.41, 5.74) is -0.978. The number of nitrogens with zero attached hydrogens (tertiary/aromatic N) is 5. The van der Waals surface area contributed by atoms with Gasteiger partial charge in [-0.3, -0.25) is 14.0 Å². The molecule has 0 spiro atoms. The zero-order valence-electron chi connectivity index (χ0n) is 23.9. The van der Waals surface area contributed by atoms with Crippen molar-refractivity contribution < 1.29 is 31.7 Å². The zero-order chi connectivity index (χ0) is 29.3. The summed E-state index contributed by atoms with van der Waals surface area (Å²) in [6.45, 7) is 13.1. The van der Waals surface area contributed by atoms with Crippen molar-refractivity contribution in [3.8, 4) is 0 Å². The number of nitrogens with one attached hydrogen (secondary N) is 1. The maximum Gasteiger partial charge on any atom is 0.410 e. The van der Waals surface area contributed by atoms with E-state index in [1.807, 2.05) is 43.8 Å². The lowest BCUT2D eigenvalue weighted by Gasteiger charge is -2.24. The van der Waals surface area contributed by atoms with Crippen LogP contribution in [0.3, 0.4) is 0 Å². The van der Waals surface area contributed by atoms with E-state index in [0.29, 0.717) is 19.5 Å². The minimum Gasteiger partial charge on any atom is -0.444 e. The molecule has 14 heteroatoms. The van der Waals surface area contributed by atoms with E-state index in [0.717, 1.165) is 19.2 Å². The molecule has 4 heterocycles. The molecule has 2 saturated heterocycles. The van der Waals surface area contributed by atoms with Gasteiger partial charge in [-0.1, -0.05) is 0 Å². The fourth-order valence-corrected chi connectivity index (χ4v) is 4.36. The van der Waals surface area contributed by atoms with Gasteiger partial charge in [0.05, 0.1) is 24.9 Å². The summed E-state index contributed by atoms with van der Waals surface area (Å²) in [6.07, 6.45) is 8.47. The van der Waals surface area contributed by atoms with Crippen molar-refractivity contribution in [3.05, 3.63) is 36.9 Å². The number of aromatic amines is 1. The molecular formula is C25H42N6O7S. The van der Waals surface area contributed by atoms with Gasteiger partial charge in [0.2, 0.25) is 0 Å². The molecule has 220 valence electrons. The topological polar surface area (TPSA) is 149 Å². The molecule has 2 aliphatic heterocycles. The fourth-order valence-electron chi connectivity index (χ4n) is 3.71. The van der Waals surface area contributed by atoms with Crippen LogP contribution < -0.4 is 0 Å². The normalized spacial score (nSPS) is 19.5. The van der Waals surface area contributed by atoms with E-state index in [4.69, 9.17) is 13.7 Å². The Kier molecular flexibility index (Phi) is 11.3. The van der Waals surface area contributed by atoms with Gasteiger partial charge in [0.25, 0.3) is 10.1 Å². The second-order valence-corrected chi connectivity index (χ2v) is 12.9. The molecule has 2 aromatic rings. The van der Waals surface area contributed by atoms with Crippen molar-refractivity contribution in [2.75, 3.05) is 32.4 Å². The highest BCUT2D eigenvalue weighted by Crippen LogP contribution is 2.22. The van der Waals surface area contributed by atoms with E-state index in [1.54, 1.807) is 44.3 Å². The van der Waals surface area contributed by atoms with Crippen LogP contribution in [0.4, 0.5) is 9.59 Å². The molecule has 2 aliphatic rings. The van der Waals surface area contributed by atoms with E-state index in [1.165, 1.54) is 4.90 Å². The molecule has 0 aromatic carbocycles. The van der Waals surface area contributed by atoms with Gasteiger partial charge in [0.15, 0.2) is 0 Å². The summed E-state index contributed by atoms with van der Waals surface area (Å²) < 4.78 is 39.1. The summed E-state index contributed by atoms with van der Waals surface area (Å²) in [5.74, 6) is 0. The minimum absolute atomic E-state index is 0.229. The third kappa shape index (κ3) is 13.0. The molecule has 1 unspecified atom stereocenters. The van der Waals surface area contributed by atoms with Crippen molar-refractivity contribution in [1.82, 2.24) is 29.8 Å². The van der Waals surface area contributed by atoms with E-state index in [2.05, 4.69) is 15.3 Å². The Morgan fingerprint density at radius 3 is 1.92 bits per heavy atom. The van der Waals surface area contributed by atoms with Crippen LogP contribution in [0.2, 0.25) is 0 Å². The molecule has 0 saturated carbocycles. The maximum absolute atomic E-state index is 11.9. The van der Waals surface area contributed by atoms with E-state index in [-0.39, 0.29) is 18.7 Å². The van der Waals surface area contributed by atoms with E-state index in [9.17, 15) is 18.0 Å². The Labute approximate surface area is 230 Å². The number of H-pyrrole nitrogens is 1. The molecule has 2 fully saturated rings. The first-order chi connectivity index (χ1) is 18.0. The lowest BCUT2D eigenvalue weighted by atomic mass is 10.2. The summed E-state index contributed by atoms with van der Waals surface area (Å²) >= 11 is 0. The lowest BCUT2D eigenvalue weighted by molar-refractivity contribution is 0.0271. The quantitative estimate of drug-likeness (QED) is 0.548. The van der Waals surface area contributed by atoms with Crippen LogP contribution in [0, 0.1) is 0 Å². The van der Waals surface area contributed by atoms with Crippen molar-refractivity contribution in [1.29, 1.82) is 0 Å². The number of rotatable bonds is 3. The molecule has 0 radical (unpaired) electrons. The monoisotopic (exact) mass is 570 g/mol. The Morgan fingerprint density at radius 1 is 0.897 bits per heavy atom. The van der Waals surface area contributed by atoms with Crippen molar-refractivity contribution in [2.45, 2.75) is 77.7 Å². The molecule has 2 aromatic heterocycles. The first kappa shape index (κ1) is 32.1. The van der Waals surface area contributed by atoms with Crippen LogP contribution in [0.25, 0.3) is 0 Å². The van der Waals surface area contributed by atoms with Gasteiger partial charge < -0.3 is 19.3 Å². The van der Waals surface area contributed by atoms with Crippen LogP contribution in [-0.4, -0.2) is 100 Å². The number of hydrogen-bond donors (Lipinski definition) is 1. The fraction of sp³-hybridized carbons (Fsp3) is 0.680. The third-order valence-corrected chi connectivity index (χ3v) is 5.85. The Morgan fingerprint density at radius 2 is 1.49 bits per heavy atom. The van der Waals surface area contributed by atoms with Gasteiger partial charge in [-0.2, -0.15) is 18.6 Å². The molecule has 0 aliphatic carbocycles. The molecule has 2 atom stereocenters. The van der Waals surface area contributed by atoms with Gasteiger partial charge in [0, 0.05) is 44.4 Å². The molecule has 39 heavy (non-hydrogen) atoms. The minimum atomic E-state index is -3.47. The summed E-state index contributed by atoms with van der Waals surface area (Å²) in [6, 6.07) is 4.01. The Hall–Kier alpha value is -3.13. The average molecular weight is 571 g/mol. The molecule has 0 bridgehead atoms. The van der Waals surface area contributed by atoms with Crippen LogP contribution in [0.1, 0.15) is 60.4 Å². The van der Waals surface area contributed by atoms with Gasteiger partial charge in [-0.15, -0.1) is 0 Å². The number of amides is 2. The van der Waals surface area contributed by atoms with Crippen LogP contribution >= 0.6 is 0 Å². The number of carbonyl (C=O) groups excluding carboxylic acids is 2. The molecule has 4 rings (SSSR count). The standard InChI is InChI=1S/C12H19N3O2.C10H19NO5S.C3H4N2/c1-12(2,3)17-11(16)14-8-5-10(9-14)15-7-4-6-13-15;1-10(2,3)15-9(12)11-6-5-8(7-11)16-17(4,13)14;1-2-4-5-3-1/h4,6-7,10H,5,8-9H2,1-3H3;8H,5-7H2,1-4H3;1-3H,(H,4,5)/t;8-;/m.0./s1. The van der Waals surface area contributed by atoms with E-state index >= 15 is 0 Å².